The second-order valence-electron chi connectivity index (χ2n) is 4.85. The average molecular weight is 290 g/mol. The van der Waals surface area contributed by atoms with Crippen molar-refractivity contribution in [2.45, 2.75) is 19.4 Å². The van der Waals surface area contributed by atoms with E-state index < -0.39 is 5.97 Å². The van der Waals surface area contributed by atoms with Crippen molar-refractivity contribution in [2.24, 2.45) is 0 Å². The Morgan fingerprint density at radius 2 is 2.29 bits per heavy atom. The Morgan fingerprint density at radius 1 is 1.52 bits per heavy atom. The van der Waals surface area contributed by atoms with Gasteiger partial charge in [0.15, 0.2) is 5.69 Å². The van der Waals surface area contributed by atoms with Gasteiger partial charge in [-0.3, -0.25) is 4.79 Å². The molecule has 2 N–H and O–H groups in total. The predicted molar refractivity (Wildman–Crippen MR) is 72.5 cm³/mol. The molecule has 21 heavy (non-hydrogen) atoms. The molecular formula is C12H14N6O3. The minimum atomic E-state index is -1.10. The van der Waals surface area contributed by atoms with Crippen molar-refractivity contribution < 1.29 is 9.90 Å². The van der Waals surface area contributed by atoms with Crippen LogP contribution in [0.3, 0.4) is 0 Å². The molecule has 1 fully saturated rings. The number of aromatic carboxylic acids is 1. The smallest absolute Gasteiger partial charge is 0.358 e. The van der Waals surface area contributed by atoms with Crippen LogP contribution in [0.15, 0.2) is 17.1 Å². The lowest BCUT2D eigenvalue weighted by molar-refractivity contribution is 0.0690. The van der Waals surface area contributed by atoms with Crippen LogP contribution in [0.2, 0.25) is 0 Å². The van der Waals surface area contributed by atoms with Gasteiger partial charge >= 0.3 is 5.97 Å². The van der Waals surface area contributed by atoms with Crippen LogP contribution < -0.4 is 10.5 Å². The largest absolute Gasteiger partial charge is 0.476 e. The van der Waals surface area contributed by atoms with Crippen LogP contribution in [0.5, 0.6) is 0 Å². The highest BCUT2D eigenvalue weighted by Gasteiger charge is 2.31. The van der Waals surface area contributed by atoms with Gasteiger partial charge in [-0.05, 0) is 0 Å². The number of carboxylic acid groups (broad SMARTS) is 1. The monoisotopic (exact) mass is 290 g/mol. The number of H-pyrrole nitrogens is 1. The third-order valence-corrected chi connectivity index (χ3v) is 3.40. The molecule has 2 aromatic heterocycles. The molecule has 9 heteroatoms. The minimum absolute atomic E-state index is 0.0387. The zero-order valence-electron chi connectivity index (χ0n) is 11.4. The molecule has 0 saturated carbocycles. The average Bonchev–Trinajstić information content (AvgIpc) is 2.86. The summed E-state index contributed by atoms with van der Waals surface area (Å²) in [4.78, 5) is 31.3. The standard InChI is InChI=1S/C12H14N6O3/c1-2-9-13-10(3-11(19)14-9)17-4-7(5-17)18-6-8(12(20)21)15-16-18/h3,6-7H,2,4-5H2,1H3,(H,20,21)(H,13,14,19). The SMILES string of the molecule is CCc1nc(N2CC(n3cc(C(=O)O)nn3)C2)cc(=O)[nH]1. The molecule has 1 saturated heterocycles. The number of nitrogens with one attached hydrogen (secondary N) is 1. The molecule has 0 aliphatic carbocycles. The van der Waals surface area contributed by atoms with E-state index in [1.165, 1.54) is 16.9 Å². The van der Waals surface area contributed by atoms with E-state index in [-0.39, 0.29) is 17.3 Å². The second kappa shape index (κ2) is 5.00. The van der Waals surface area contributed by atoms with Crippen LogP contribution >= 0.6 is 0 Å². The molecule has 0 amide bonds. The molecular weight excluding hydrogens is 276 g/mol. The van der Waals surface area contributed by atoms with Gasteiger partial charge in [0.1, 0.15) is 11.6 Å². The Morgan fingerprint density at radius 3 is 2.90 bits per heavy atom. The number of anilines is 1. The molecule has 0 radical (unpaired) electrons. The lowest BCUT2D eigenvalue weighted by atomic mass is 10.1. The van der Waals surface area contributed by atoms with Gasteiger partial charge in [0.25, 0.3) is 5.56 Å². The van der Waals surface area contributed by atoms with E-state index in [9.17, 15) is 9.59 Å². The van der Waals surface area contributed by atoms with Gasteiger partial charge in [0.2, 0.25) is 0 Å². The van der Waals surface area contributed by atoms with Crippen molar-refractivity contribution >= 4 is 11.8 Å². The van der Waals surface area contributed by atoms with Crippen molar-refractivity contribution in [1.82, 2.24) is 25.0 Å². The van der Waals surface area contributed by atoms with Gasteiger partial charge in [-0.2, -0.15) is 0 Å². The normalized spacial score (nSPS) is 15.0. The highest BCUT2D eigenvalue weighted by molar-refractivity contribution is 5.84. The van der Waals surface area contributed by atoms with Gasteiger partial charge in [-0.25, -0.2) is 14.5 Å². The van der Waals surface area contributed by atoms with Gasteiger partial charge in [0, 0.05) is 25.6 Å². The Balaban J connectivity index is 1.71. The van der Waals surface area contributed by atoms with E-state index in [0.29, 0.717) is 31.2 Å². The summed E-state index contributed by atoms with van der Waals surface area (Å²) < 4.78 is 1.54. The van der Waals surface area contributed by atoms with Crippen molar-refractivity contribution in [3.05, 3.63) is 34.1 Å². The molecule has 1 aliphatic heterocycles. The predicted octanol–water partition coefficient (Wildman–Crippen LogP) is -0.317. The van der Waals surface area contributed by atoms with Crippen LogP contribution in [-0.4, -0.2) is 49.1 Å². The number of carbonyl (C=O) groups is 1. The maximum Gasteiger partial charge on any atom is 0.358 e. The molecule has 0 aromatic carbocycles. The van der Waals surface area contributed by atoms with E-state index in [4.69, 9.17) is 5.11 Å². The van der Waals surface area contributed by atoms with Crippen LogP contribution in [0, 0.1) is 0 Å². The number of carboxylic acids is 1. The molecule has 2 aromatic rings. The minimum Gasteiger partial charge on any atom is -0.476 e. The van der Waals surface area contributed by atoms with E-state index in [1.807, 2.05) is 11.8 Å². The number of aromatic amines is 1. The fraction of sp³-hybridized carbons (Fsp3) is 0.417. The molecule has 1 aliphatic rings. The topological polar surface area (TPSA) is 117 Å². The fourth-order valence-corrected chi connectivity index (χ4v) is 2.19. The number of aryl methyl sites for hydroxylation is 1. The zero-order valence-corrected chi connectivity index (χ0v) is 11.4. The van der Waals surface area contributed by atoms with Crippen LogP contribution in [0.4, 0.5) is 5.82 Å². The Hall–Kier alpha value is -2.71. The van der Waals surface area contributed by atoms with E-state index in [1.54, 1.807) is 0 Å². The first-order valence-corrected chi connectivity index (χ1v) is 6.57. The molecule has 0 atom stereocenters. The van der Waals surface area contributed by atoms with E-state index in [2.05, 4.69) is 20.3 Å². The molecule has 3 heterocycles. The van der Waals surface area contributed by atoms with E-state index in [0.717, 1.165) is 0 Å². The first-order valence-electron chi connectivity index (χ1n) is 6.57. The zero-order chi connectivity index (χ0) is 15.0. The number of hydrogen-bond acceptors (Lipinski definition) is 6. The number of aromatic nitrogens is 5. The van der Waals surface area contributed by atoms with Crippen molar-refractivity contribution in [1.29, 1.82) is 0 Å². The summed E-state index contributed by atoms with van der Waals surface area (Å²) in [6, 6.07) is 1.50. The lowest BCUT2D eigenvalue weighted by Gasteiger charge is -2.39. The maximum atomic E-state index is 11.5. The summed E-state index contributed by atoms with van der Waals surface area (Å²) in [5.41, 5.74) is -0.245. The highest BCUT2D eigenvalue weighted by Crippen LogP contribution is 2.25. The quantitative estimate of drug-likeness (QED) is 0.792. The Bertz CT molecular complexity index is 731. The van der Waals surface area contributed by atoms with Crippen LogP contribution in [0.1, 0.15) is 29.3 Å². The highest BCUT2D eigenvalue weighted by atomic mass is 16.4. The van der Waals surface area contributed by atoms with Gasteiger partial charge in [-0.15, -0.1) is 5.10 Å². The lowest BCUT2D eigenvalue weighted by Crippen LogP contribution is -2.48. The molecule has 9 nitrogen and oxygen atoms in total. The summed E-state index contributed by atoms with van der Waals surface area (Å²) >= 11 is 0. The molecule has 0 spiro atoms. The summed E-state index contributed by atoms with van der Waals surface area (Å²) in [6.45, 7) is 3.15. The summed E-state index contributed by atoms with van der Waals surface area (Å²) in [6.07, 6.45) is 2.07. The van der Waals surface area contributed by atoms with Crippen molar-refractivity contribution in [2.75, 3.05) is 18.0 Å². The number of rotatable bonds is 4. The first kappa shape index (κ1) is 13.3. The summed E-state index contributed by atoms with van der Waals surface area (Å²) in [5, 5.41) is 16.2. The number of nitrogens with zero attached hydrogens (tertiary/aromatic N) is 5. The summed E-state index contributed by atoms with van der Waals surface area (Å²) in [7, 11) is 0. The van der Waals surface area contributed by atoms with Gasteiger partial charge < -0.3 is 15.0 Å². The molecule has 110 valence electrons. The third kappa shape index (κ3) is 2.49. The molecule has 0 unspecified atom stereocenters. The Labute approximate surface area is 119 Å². The van der Waals surface area contributed by atoms with Crippen molar-refractivity contribution in [3.63, 3.8) is 0 Å². The third-order valence-electron chi connectivity index (χ3n) is 3.40. The number of hydrogen-bond donors (Lipinski definition) is 2. The summed E-state index contributed by atoms with van der Waals surface area (Å²) in [5.74, 6) is 0.182. The van der Waals surface area contributed by atoms with Gasteiger partial charge in [0.05, 0.1) is 12.2 Å². The molecule has 3 rings (SSSR count). The Kier molecular flexibility index (Phi) is 3.16. The van der Waals surface area contributed by atoms with Crippen LogP contribution in [-0.2, 0) is 6.42 Å². The van der Waals surface area contributed by atoms with Crippen molar-refractivity contribution in [3.8, 4) is 0 Å². The maximum absolute atomic E-state index is 11.5. The van der Waals surface area contributed by atoms with Crippen LogP contribution in [0.25, 0.3) is 0 Å². The van der Waals surface area contributed by atoms with E-state index >= 15 is 0 Å². The van der Waals surface area contributed by atoms with Gasteiger partial charge in [-0.1, -0.05) is 12.1 Å². The molecule has 0 bridgehead atoms. The fourth-order valence-electron chi connectivity index (χ4n) is 2.19. The second-order valence-corrected chi connectivity index (χ2v) is 4.85. The first-order chi connectivity index (χ1) is 10.1.